The Labute approximate surface area is 148 Å². The lowest BCUT2D eigenvalue weighted by molar-refractivity contribution is 0.0515. The monoisotopic (exact) mass is 382 g/mol. The molecule has 2 N–H and O–H groups in total. The molecule has 0 spiro atoms. The van der Waals surface area contributed by atoms with Crippen LogP contribution in [0.3, 0.4) is 0 Å². The Hall–Kier alpha value is -2.66. The molecule has 3 rings (SSSR count). The summed E-state index contributed by atoms with van der Waals surface area (Å²) in [5, 5.41) is 6.00. The molecule has 0 aliphatic carbocycles. The summed E-state index contributed by atoms with van der Waals surface area (Å²) in [7, 11) is 0. The summed E-state index contributed by atoms with van der Waals surface area (Å²) in [6.07, 6.45) is 0.410. The van der Waals surface area contributed by atoms with E-state index >= 15 is 0 Å². The quantitative estimate of drug-likeness (QED) is 0.317. The number of rotatable bonds is 4. The Morgan fingerprint density at radius 1 is 1.04 bits per heavy atom. The molecule has 0 amide bonds. The fraction of sp³-hybridized carbons (Fsp3) is 0.0526. The Bertz CT molecular complexity index is 917. The van der Waals surface area contributed by atoms with E-state index in [1.807, 2.05) is 48.5 Å². The van der Waals surface area contributed by atoms with Crippen molar-refractivity contribution in [3.8, 4) is 0 Å². The normalized spacial score (nSPS) is 11.5. The molecule has 0 aromatic heterocycles. The zero-order valence-corrected chi connectivity index (χ0v) is 14.4. The lowest BCUT2D eigenvalue weighted by atomic mass is 10.0. The molecule has 0 saturated carbocycles. The second-order valence-corrected chi connectivity index (χ2v) is 6.20. The average Bonchev–Trinajstić information content (AvgIpc) is 2.60. The van der Waals surface area contributed by atoms with Crippen molar-refractivity contribution in [1.29, 1.82) is 0 Å². The number of benzene rings is 3. The molecule has 0 atom stereocenters. The number of oxime groups is 1. The molecule has 5 heteroatoms. The summed E-state index contributed by atoms with van der Waals surface area (Å²) < 4.78 is 0.796. The van der Waals surface area contributed by atoms with E-state index in [1.165, 1.54) is 0 Å². The zero-order valence-electron chi connectivity index (χ0n) is 12.8. The van der Waals surface area contributed by atoms with Crippen molar-refractivity contribution in [2.24, 2.45) is 10.9 Å². The molecule has 3 aromatic carbocycles. The predicted octanol–water partition coefficient (Wildman–Crippen LogP) is 4.27. The van der Waals surface area contributed by atoms with Gasteiger partial charge in [-0.25, -0.2) is 4.79 Å². The number of nitrogens with zero attached hydrogens (tertiary/aromatic N) is 1. The van der Waals surface area contributed by atoms with Crippen LogP contribution in [0.25, 0.3) is 10.8 Å². The van der Waals surface area contributed by atoms with Crippen molar-refractivity contribution in [3.63, 3.8) is 0 Å². The molecule has 24 heavy (non-hydrogen) atoms. The van der Waals surface area contributed by atoms with Gasteiger partial charge in [0.2, 0.25) is 0 Å². The highest BCUT2D eigenvalue weighted by Crippen LogP contribution is 2.19. The van der Waals surface area contributed by atoms with E-state index in [4.69, 9.17) is 10.6 Å². The van der Waals surface area contributed by atoms with Gasteiger partial charge in [0.05, 0.1) is 5.56 Å². The molecule has 120 valence electrons. The number of amidine groups is 1. The van der Waals surface area contributed by atoms with E-state index in [1.54, 1.807) is 18.2 Å². The van der Waals surface area contributed by atoms with Crippen molar-refractivity contribution in [2.75, 3.05) is 0 Å². The minimum atomic E-state index is -0.544. The smallest absolute Gasteiger partial charge is 0.365 e. The minimum absolute atomic E-state index is 0.245. The third kappa shape index (κ3) is 3.81. The molecule has 0 aliphatic rings. The maximum Gasteiger partial charge on any atom is 0.365 e. The van der Waals surface area contributed by atoms with Gasteiger partial charge in [0, 0.05) is 10.9 Å². The van der Waals surface area contributed by atoms with Crippen molar-refractivity contribution in [1.82, 2.24) is 0 Å². The van der Waals surface area contributed by atoms with Gasteiger partial charge in [-0.05, 0) is 34.5 Å². The number of hydrogen-bond donors (Lipinski definition) is 1. The standard InChI is InChI=1S/C19H15BrN2O2/c20-16-9-4-8-15(11-16)19(23)24-22-18(21)12-14-7-3-6-13-5-1-2-10-17(13)14/h1-11H,12H2,(H2,21,22). The topological polar surface area (TPSA) is 64.7 Å². The molecule has 4 nitrogen and oxygen atoms in total. The van der Waals surface area contributed by atoms with E-state index in [0.717, 1.165) is 20.8 Å². The maximum atomic E-state index is 12.0. The summed E-state index contributed by atoms with van der Waals surface area (Å²) in [6, 6.07) is 20.9. The largest absolute Gasteiger partial charge is 0.384 e. The number of halogens is 1. The van der Waals surface area contributed by atoms with Crippen LogP contribution >= 0.6 is 15.9 Å². The highest BCUT2D eigenvalue weighted by Gasteiger charge is 2.08. The van der Waals surface area contributed by atoms with E-state index in [2.05, 4.69) is 21.1 Å². The molecule has 0 bridgehead atoms. The Morgan fingerprint density at radius 3 is 2.62 bits per heavy atom. The highest BCUT2D eigenvalue weighted by atomic mass is 79.9. The summed E-state index contributed by atoms with van der Waals surface area (Å²) in [5.74, 6) is -0.299. The molecule has 0 aliphatic heterocycles. The maximum absolute atomic E-state index is 12.0. The molecule has 3 aromatic rings. The summed E-state index contributed by atoms with van der Waals surface area (Å²) >= 11 is 3.31. The van der Waals surface area contributed by atoms with Crippen molar-refractivity contribution in [3.05, 3.63) is 82.3 Å². The number of nitrogens with two attached hydrogens (primary N) is 1. The molecule has 0 fully saturated rings. The third-order valence-electron chi connectivity index (χ3n) is 3.56. The van der Waals surface area contributed by atoms with Crippen LogP contribution in [0.1, 0.15) is 15.9 Å². The third-order valence-corrected chi connectivity index (χ3v) is 4.05. The summed E-state index contributed by atoms with van der Waals surface area (Å²) in [5.41, 5.74) is 7.36. The van der Waals surface area contributed by atoms with Crippen molar-refractivity contribution >= 4 is 38.5 Å². The van der Waals surface area contributed by atoms with Gasteiger partial charge in [0.25, 0.3) is 0 Å². The molecular weight excluding hydrogens is 368 g/mol. The number of carbonyl (C=O) groups is 1. The Morgan fingerprint density at radius 2 is 1.79 bits per heavy atom. The van der Waals surface area contributed by atoms with Gasteiger partial charge in [-0.2, -0.15) is 0 Å². The minimum Gasteiger partial charge on any atom is -0.384 e. The lowest BCUT2D eigenvalue weighted by Crippen LogP contribution is -2.17. The van der Waals surface area contributed by atoms with Gasteiger partial charge in [-0.3, -0.25) is 0 Å². The van der Waals surface area contributed by atoms with Crippen LogP contribution in [0.15, 0.2) is 76.4 Å². The second-order valence-electron chi connectivity index (χ2n) is 5.29. The average molecular weight is 383 g/mol. The van der Waals surface area contributed by atoms with Crippen molar-refractivity contribution in [2.45, 2.75) is 6.42 Å². The summed E-state index contributed by atoms with van der Waals surface area (Å²) in [4.78, 5) is 16.9. The first-order chi connectivity index (χ1) is 11.6. The predicted molar refractivity (Wildman–Crippen MR) is 98.8 cm³/mol. The first-order valence-corrected chi connectivity index (χ1v) is 8.18. The molecule has 0 heterocycles. The highest BCUT2D eigenvalue weighted by molar-refractivity contribution is 9.10. The lowest BCUT2D eigenvalue weighted by Gasteiger charge is -2.06. The zero-order chi connectivity index (χ0) is 16.9. The van der Waals surface area contributed by atoms with Crippen LogP contribution in [0, 0.1) is 0 Å². The second kappa shape index (κ2) is 7.27. The first kappa shape index (κ1) is 16.2. The number of hydrogen-bond acceptors (Lipinski definition) is 3. The summed E-state index contributed by atoms with van der Waals surface area (Å²) in [6.45, 7) is 0. The van der Waals surface area contributed by atoms with E-state index in [9.17, 15) is 4.79 Å². The first-order valence-electron chi connectivity index (χ1n) is 7.39. The van der Waals surface area contributed by atoms with E-state index in [-0.39, 0.29) is 5.84 Å². The van der Waals surface area contributed by atoms with Crippen molar-refractivity contribution < 1.29 is 9.63 Å². The van der Waals surface area contributed by atoms with Crippen LogP contribution in [0.2, 0.25) is 0 Å². The molecular formula is C19H15BrN2O2. The van der Waals surface area contributed by atoms with Gasteiger partial charge in [0.15, 0.2) is 0 Å². The van der Waals surface area contributed by atoms with Crippen LogP contribution in [0.5, 0.6) is 0 Å². The van der Waals surface area contributed by atoms with Crippen LogP contribution in [-0.2, 0) is 11.3 Å². The van der Waals surface area contributed by atoms with Crippen LogP contribution in [0.4, 0.5) is 0 Å². The van der Waals surface area contributed by atoms with Crippen LogP contribution in [-0.4, -0.2) is 11.8 Å². The number of fused-ring (bicyclic) bond motifs is 1. The van der Waals surface area contributed by atoms with Gasteiger partial charge in [-0.1, -0.05) is 69.6 Å². The Balaban J connectivity index is 1.73. The van der Waals surface area contributed by atoms with Gasteiger partial charge < -0.3 is 10.6 Å². The van der Waals surface area contributed by atoms with Gasteiger partial charge in [0.1, 0.15) is 5.84 Å². The van der Waals surface area contributed by atoms with E-state index in [0.29, 0.717) is 12.0 Å². The van der Waals surface area contributed by atoms with Crippen LogP contribution < -0.4 is 5.73 Å². The van der Waals surface area contributed by atoms with E-state index < -0.39 is 5.97 Å². The van der Waals surface area contributed by atoms with Gasteiger partial charge >= 0.3 is 5.97 Å². The number of carbonyl (C=O) groups excluding carboxylic acids is 1. The fourth-order valence-electron chi connectivity index (χ4n) is 2.44. The fourth-order valence-corrected chi connectivity index (χ4v) is 2.84. The SMILES string of the molecule is N/C(Cc1cccc2ccccc12)=N/OC(=O)c1cccc(Br)c1. The van der Waals surface area contributed by atoms with Gasteiger partial charge in [-0.15, -0.1) is 0 Å². The molecule has 0 unspecified atom stereocenters. The Kier molecular flexibility index (Phi) is 4.91. The molecule has 0 radical (unpaired) electrons. The molecule has 0 saturated heterocycles.